The molecule has 1 amide bonds. The Labute approximate surface area is 147 Å². The SMILES string of the molecule is CC(C)(C#N)NC(=O)c1nc(-c2cccs2)n(-c2ccc(F)cc2)n1. The number of amides is 1. The van der Waals surface area contributed by atoms with Crippen LogP contribution in [0.25, 0.3) is 16.4 Å². The van der Waals surface area contributed by atoms with Crippen molar-refractivity contribution in [3.05, 3.63) is 53.4 Å². The molecule has 0 saturated heterocycles. The van der Waals surface area contributed by atoms with Crippen molar-refractivity contribution in [1.29, 1.82) is 5.26 Å². The predicted molar refractivity (Wildman–Crippen MR) is 91.8 cm³/mol. The van der Waals surface area contributed by atoms with Crippen LogP contribution in [-0.2, 0) is 0 Å². The molecule has 1 aromatic carbocycles. The van der Waals surface area contributed by atoms with E-state index in [0.717, 1.165) is 4.88 Å². The molecule has 6 nitrogen and oxygen atoms in total. The van der Waals surface area contributed by atoms with Crippen LogP contribution in [0.3, 0.4) is 0 Å². The summed E-state index contributed by atoms with van der Waals surface area (Å²) in [6.45, 7) is 3.17. The summed E-state index contributed by atoms with van der Waals surface area (Å²) in [6, 6.07) is 11.5. The van der Waals surface area contributed by atoms with Gasteiger partial charge in [-0.25, -0.2) is 14.1 Å². The van der Waals surface area contributed by atoms with Crippen molar-refractivity contribution in [1.82, 2.24) is 20.1 Å². The number of hydrogen-bond acceptors (Lipinski definition) is 5. The zero-order chi connectivity index (χ0) is 18.0. The minimum Gasteiger partial charge on any atom is -0.331 e. The molecule has 3 rings (SSSR count). The van der Waals surface area contributed by atoms with Crippen molar-refractivity contribution in [2.45, 2.75) is 19.4 Å². The average molecular weight is 355 g/mol. The first-order valence-corrected chi connectivity index (χ1v) is 8.28. The van der Waals surface area contributed by atoms with Crippen LogP contribution >= 0.6 is 11.3 Å². The number of nitrogens with zero attached hydrogens (tertiary/aromatic N) is 4. The zero-order valence-electron chi connectivity index (χ0n) is 13.5. The third-order valence-electron chi connectivity index (χ3n) is 3.33. The topological polar surface area (TPSA) is 83.6 Å². The van der Waals surface area contributed by atoms with Crippen LogP contribution in [-0.4, -0.2) is 26.2 Å². The number of thiophene rings is 1. The van der Waals surface area contributed by atoms with E-state index in [4.69, 9.17) is 5.26 Å². The van der Waals surface area contributed by atoms with Crippen LogP contribution in [0.2, 0.25) is 0 Å². The Kier molecular flexibility index (Phi) is 4.33. The summed E-state index contributed by atoms with van der Waals surface area (Å²) < 4.78 is 14.7. The van der Waals surface area contributed by atoms with Gasteiger partial charge in [0.15, 0.2) is 5.82 Å². The number of benzene rings is 1. The number of aromatic nitrogens is 3. The van der Waals surface area contributed by atoms with Crippen LogP contribution in [0, 0.1) is 17.1 Å². The molecule has 25 heavy (non-hydrogen) atoms. The van der Waals surface area contributed by atoms with E-state index in [0.29, 0.717) is 11.5 Å². The summed E-state index contributed by atoms with van der Waals surface area (Å²) in [6.07, 6.45) is 0. The lowest BCUT2D eigenvalue weighted by Gasteiger charge is -2.15. The largest absolute Gasteiger partial charge is 0.331 e. The highest BCUT2D eigenvalue weighted by atomic mass is 32.1. The minimum atomic E-state index is -1.04. The van der Waals surface area contributed by atoms with Gasteiger partial charge < -0.3 is 5.32 Å². The minimum absolute atomic E-state index is 0.0592. The Morgan fingerprint density at radius 2 is 2.04 bits per heavy atom. The number of hydrogen-bond donors (Lipinski definition) is 1. The maximum absolute atomic E-state index is 13.2. The maximum Gasteiger partial charge on any atom is 0.292 e. The molecule has 0 unspecified atom stereocenters. The van der Waals surface area contributed by atoms with Crippen LogP contribution in [0.15, 0.2) is 41.8 Å². The number of halogens is 1. The van der Waals surface area contributed by atoms with Gasteiger partial charge in [-0.15, -0.1) is 16.4 Å². The van der Waals surface area contributed by atoms with Gasteiger partial charge in [0, 0.05) is 0 Å². The number of nitriles is 1. The molecule has 0 saturated carbocycles. The monoisotopic (exact) mass is 355 g/mol. The fraction of sp³-hybridized carbons (Fsp3) is 0.176. The highest BCUT2D eigenvalue weighted by Crippen LogP contribution is 2.25. The molecule has 8 heteroatoms. The standard InChI is InChI=1S/C17H14FN5OS/c1-17(2,10-19)21-16(24)14-20-15(13-4-3-9-25-13)23(22-14)12-7-5-11(18)6-8-12/h3-9H,1-2H3,(H,21,24). The molecule has 0 aliphatic rings. The predicted octanol–water partition coefficient (Wildman–Crippen LogP) is 3.17. The smallest absolute Gasteiger partial charge is 0.292 e. The number of carbonyl (C=O) groups is 1. The highest BCUT2D eigenvalue weighted by molar-refractivity contribution is 7.13. The van der Waals surface area contributed by atoms with Gasteiger partial charge in [-0.3, -0.25) is 4.79 Å². The Bertz CT molecular complexity index is 939. The molecule has 0 spiro atoms. The number of nitrogens with one attached hydrogen (secondary N) is 1. The summed E-state index contributed by atoms with van der Waals surface area (Å²) in [5.74, 6) is -0.502. The number of rotatable bonds is 4. The van der Waals surface area contributed by atoms with E-state index in [1.165, 1.54) is 28.2 Å². The second-order valence-electron chi connectivity index (χ2n) is 5.82. The first-order chi connectivity index (χ1) is 11.9. The van der Waals surface area contributed by atoms with E-state index in [1.807, 2.05) is 23.6 Å². The van der Waals surface area contributed by atoms with Gasteiger partial charge in [0.25, 0.3) is 5.91 Å². The summed E-state index contributed by atoms with van der Waals surface area (Å²) in [4.78, 5) is 17.5. The van der Waals surface area contributed by atoms with Crippen molar-refractivity contribution in [3.8, 4) is 22.5 Å². The molecular formula is C17H14FN5OS. The van der Waals surface area contributed by atoms with E-state index in [-0.39, 0.29) is 11.6 Å². The van der Waals surface area contributed by atoms with Crippen molar-refractivity contribution in [2.24, 2.45) is 0 Å². The molecule has 0 aliphatic carbocycles. The molecule has 1 N–H and O–H groups in total. The summed E-state index contributed by atoms with van der Waals surface area (Å²) >= 11 is 1.45. The van der Waals surface area contributed by atoms with E-state index < -0.39 is 11.4 Å². The Hall–Kier alpha value is -3.05. The van der Waals surface area contributed by atoms with Crippen molar-refractivity contribution < 1.29 is 9.18 Å². The van der Waals surface area contributed by atoms with E-state index in [9.17, 15) is 9.18 Å². The summed E-state index contributed by atoms with van der Waals surface area (Å²) in [7, 11) is 0. The quantitative estimate of drug-likeness (QED) is 0.779. The van der Waals surface area contributed by atoms with Crippen molar-refractivity contribution in [3.63, 3.8) is 0 Å². The van der Waals surface area contributed by atoms with Gasteiger partial charge in [-0.2, -0.15) is 5.26 Å². The second-order valence-corrected chi connectivity index (χ2v) is 6.76. The summed E-state index contributed by atoms with van der Waals surface area (Å²) in [5, 5.41) is 17.8. The molecule has 0 bridgehead atoms. The lowest BCUT2D eigenvalue weighted by Crippen LogP contribution is -2.42. The Morgan fingerprint density at radius 3 is 2.64 bits per heavy atom. The molecule has 2 heterocycles. The molecular weight excluding hydrogens is 341 g/mol. The van der Waals surface area contributed by atoms with Gasteiger partial charge in [0.2, 0.25) is 5.82 Å². The first kappa shape index (κ1) is 16.8. The molecule has 0 atom stereocenters. The van der Waals surface area contributed by atoms with E-state index in [1.54, 1.807) is 26.0 Å². The highest BCUT2D eigenvalue weighted by Gasteiger charge is 2.25. The second kappa shape index (κ2) is 6.45. The molecule has 0 aliphatic heterocycles. The van der Waals surface area contributed by atoms with Crippen LogP contribution in [0.4, 0.5) is 4.39 Å². The normalized spacial score (nSPS) is 11.1. The van der Waals surface area contributed by atoms with E-state index in [2.05, 4.69) is 15.4 Å². The molecule has 2 aromatic heterocycles. The van der Waals surface area contributed by atoms with Gasteiger partial charge in [0.1, 0.15) is 11.4 Å². The van der Waals surface area contributed by atoms with Crippen LogP contribution < -0.4 is 5.32 Å². The third-order valence-corrected chi connectivity index (χ3v) is 4.19. The maximum atomic E-state index is 13.2. The third kappa shape index (κ3) is 3.56. The number of carbonyl (C=O) groups excluding carboxylic acids is 1. The van der Waals surface area contributed by atoms with Crippen LogP contribution in [0.5, 0.6) is 0 Å². The van der Waals surface area contributed by atoms with Crippen LogP contribution in [0.1, 0.15) is 24.5 Å². The van der Waals surface area contributed by atoms with Gasteiger partial charge in [-0.05, 0) is 49.6 Å². The van der Waals surface area contributed by atoms with Gasteiger partial charge in [-0.1, -0.05) is 6.07 Å². The molecule has 126 valence electrons. The van der Waals surface area contributed by atoms with Gasteiger partial charge >= 0.3 is 0 Å². The lowest BCUT2D eigenvalue weighted by atomic mass is 10.1. The van der Waals surface area contributed by atoms with Crippen molar-refractivity contribution >= 4 is 17.2 Å². The van der Waals surface area contributed by atoms with Crippen molar-refractivity contribution in [2.75, 3.05) is 0 Å². The zero-order valence-corrected chi connectivity index (χ0v) is 14.3. The summed E-state index contributed by atoms with van der Waals surface area (Å²) in [5.41, 5.74) is -0.461. The van der Waals surface area contributed by atoms with E-state index >= 15 is 0 Å². The Morgan fingerprint density at radius 1 is 1.32 bits per heavy atom. The average Bonchev–Trinajstić information content (AvgIpc) is 3.24. The van der Waals surface area contributed by atoms with Gasteiger partial charge in [0.05, 0.1) is 16.6 Å². The first-order valence-electron chi connectivity index (χ1n) is 7.40. The molecule has 0 radical (unpaired) electrons. The molecule has 0 fully saturated rings. The molecule has 3 aromatic rings. The fourth-order valence-electron chi connectivity index (χ4n) is 2.10. The lowest BCUT2D eigenvalue weighted by molar-refractivity contribution is 0.0918. The fourth-order valence-corrected chi connectivity index (χ4v) is 2.80. The Balaban J connectivity index is 2.05.